The van der Waals surface area contributed by atoms with E-state index in [0.717, 1.165) is 55.0 Å². The zero-order chi connectivity index (χ0) is 16.1. The summed E-state index contributed by atoms with van der Waals surface area (Å²) in [6.07, 6.45) is 6.90. The van der Waals surface area contributed by atoms with Crippen molar-refractivity contribution in [3.8, 4) is 0 Å². The highest BCUT2D eigenvalue weighted by molar-refractivity contribution is 5.97. The minimum atomic E-state index is -0.226. The van der Waals surface area contributed by atoms with E-state index in [1.165, 1.54) is 19.3 Å². The average Bonchev–Trinajstić information content (AvgIpc) is 3.20. The van der Waals surface area contributed by atoms with Gasteiger partial charge in [0.15, 0.2) is 11.5 Å². The Labute approximate surface area is 141 Å². The molecule has 126 valence electrons. The van der Waals surface area contributed by atoms with Gasteiger partial charge in [-0.25, -0.2) is 4.98 Å². The van der Waals surface area contributed by atoms with Crippen molar-refractivity contribution < 1.29 is 9.21 Å². The Kier molecular flexibility index (Phi) is 3.20. The molecule has 1 aromatic heterocycles. The number of fused-ring (bicyclic) bond motifs is 2. The number of benzene rings is 1. The number of carbonyl (C=O) groups is 1. The number of hydrogen-bond donors (Lipinski definition) is 2. The molecule has 0 bridgehead atoms. The van der Waals surface area contributed by atoms with Crippen molar-refractivity contribution in [1.29, 1.82) is 0 Å². The Hall–Kier alpha value is -1.88. The first kappa shape index (κ1) is 14.5. The third kappa shape index (κ3) is 2.25. The molecule has 5 nitrogen and oxygen atoms in total. The van der Waals surface area contributed by atoms with Gasteiger partial charge < -0.3 is 15.1 Å². The molecule has 0 radical (unpaired) electrons. The monoisotopic (exact) mass is 325 g/mol. The molecule has 2 aliphatic carbocycles. The Balaban J connectivity index is 1.40. The summed E-state index contributed by atoms with van der Waals surface area (Å²) < 4.78 is 5.80. The van der Waals surface area contributed by atoms with Gasteiger partial charge in [-0.15, -0.1) is 0 Å². The second kappa shape index (κ2) is 5.31. The van der Waals surface area contributed by atoms with Crippen LogP contribution in [0.5, 0.6) is 0 Å². The Bertz CT molecular complexity index is 795. The highest BCUT2D eigenvalue weighted by Crippen LogP contribution is 2.45. The van der Waals surface area contributed by atoms with E-state index in [9.17, 15) is 4.79 Å². The molecule has 2 N–H and O–H groups in total. The number of nitrogens with one attached hydrogen (secondary N) is 2. The minimum absolute atomic E-state index is 0.169. The van der Waals surface area contributed by atoms with Gasteiger partial charge >= 0.3 is 0 Å². The molecule has 2 aromatic rings. The third-order valence-corrected chi connectivity index (χ3v) is 6.08. The van der Waals surface area contributed by atoms with E-state index >= 15 is 0 Å². The summed E-state index contributed by atoms with van der Waals surface area (Å²) in [7, 11) is 0. The molecule has 24 heavy (non-hydrogen) atoms. The van der Waals surface area contributed by atoms with Gasteiger partial charge in [0, 0.05) is 18.2 Å². The second-order valence-corrected chi connectivity index (χ2v) is 7.69. The number of amides is 1. The van der Waals surface area contributed by atoms with Gasteiger partial charge in [0.1, 0.15) is 5.52 Å². The van der Waals surface area contributed by atoms with Gasteiger partial charge in [0.2, 0.25) is 5.91 Å². The van der Waals surface area contributed by atoms with Crippen LogP contribution in [-0.4, -0.2) is 24.0 Å². The summed E-state index contributed by atoms with van der Waals surface area (Å²) in [5, 5.41) is 6.60. The smallest absolute Gasteiger partial charge is 0.232 e. The molecule has 0 spiro atoms. The van der Waals surface area contributed by atoms with Crippen LogP contribution < -0.4 is 10.6 Å². The van der Waals surface area contributed by atoms with Crippen molar-refractivity contribution in [3.05, 3.63) is 24.1 Å². The lowest BCUT2D eigenvalue weighted by atomic mass is 9.67. The molecule has 3 aliphatic rings. The van der Waals surface area contributed by atoms with Crippen molar-refractivity contribution in [2.45, 2.75) is 44.4 Å². The van der Waals surface area contributed by atoms with Crippen LogP contribution >= 0.6 is 0 Å². The lowest BCUT2D eigenvalue weighted by Gasteiger charge is -2.37. The molecule has 2 heterocycles. The highest BCUT2D eigenvalue weighted by Gasteiger charge is 2.49. The lowest BCUT2D eigenvalue weighted by Crippen LogP contribution is -2.44. The Morgan fingerprint density at radius 1 is 1.29 bits per heavy atom. The van der Waals surface area contributed by atoms with Crippen LogP contribution in [0, 0.1) is 11.3 Å². The molecule has 1 aromatic carbocycles. The molecule has 0 unspecified atom stereocenters. The van der Waals surface area contributed by atoms with Gasteiger partial charge in [-0.05, 0) is 56.3 Å². The van der Waals surface area contributed by atoms with E-state index in [2.05, 4.69) is 15.6 Å². The number of hydrogen-bond acceptors (Lipinski definition) is 4. The van der Waals surface area contributed by atoms with Crippen LogP contribution in [0.3, 0.4) is 0 Å². The van der Waals surface area contributed by atoms with E-state index in [-0.39, 0.29) is 11.3 Å². The molecule has 1 aliphatic heterocycles. The van der Waals surface area contributed by atoms with Gasteiger partial charge in [0.05, 0.1) is 5.41 Å². The highest BCUT2D eigenvalue weighted by atomic mass is 16.3. The van der Waals surface area contributed by atoms with E-state index in [0.29, 0.717) is 11.8 Å². The van der Waals surface area contributed by atoms with E-state index in [1.807, 2.05) is 18.2 Å². The molecule has 1 amide bonds. The molecule has 3 fully saturated rings. The zero-order valence-corrected chi connectivity index (χ0v) is 13.8. The van der Waals surface area contributed by atoms with Crippen LogP contribution in [0.2, 0.25) is 0 Å². The van der Waals surface area contributed by atoms with Crippen LogP contribution in [0.25, 0.3) is 11.1 Å². The predicted octanol–water partition coefficient (Wildman–Crippen LogP) is 3.42. The summed E-state index contributed by atoms with van der Waals surface area (Å²) in [6.45, 7) is 1.78. The number of nitrogens with zero attached hydrogens (tertiary/aromatic N) is 1. The first-order chi connectivity index (χ1) is 11.7. The van der Waals surface area contributed by atoms with Crippen molar-refractivity contribution in [1.82, 2.24) is 10.3 Å². The Morgan fingerprint density at radius 2 is 2.21 bits per heavy atom. The zero-order valence-electron chi connectivity index (χ0n) is 13.8. The van der Waals surface area contributed by atoms with E-state index < -0.39 is 0 Å². The minimum Gasteiger partial charge on any atom is -0.440 e. The fourth-order valence-corrected chi connectivity index (χ4v) is 4.47. The summed E-state index contributed by atoms with van der Waals surface area (Å²) >= 11 is 0. The number of rotatable bonds is 3. The summed E-state index contributed by atoms with van der Waals surface area (Å²) in [4.78, 5) is 17.6. The molecule has 2 atom stereocenters. The van der Waals surface area contributed by atoms with Crippen LogP contribution in [0.15, 0.2) is 22.6 Å². The Morgan fingerprint density at radius 3 is 3.08 bits per heavy atom. The van der Waals surface area contributed by atoms with Gasteiger partial charge in [-0.1, -0.05) is 12.8 Å². The molecular formula is C19H23N3O2. The topological polar surface area (TPSA) is 67.2 Å². The second-order valence-electron chi connectivity index (χ2n) is 7.69. The van der Waals surface area contributed by atoms with E-state index in [4.69, 9.17) is 4.42 Å². The average molecular weight is 325 g/mol. The molecule has 5 rings (SSSR count). The van der Waals surface area contributed by atoms with Crippen molar-refractivity contribution in [2.24, 2.45) is 11.3 Å². The fourth-order valence-electron chi connectivity index (χ4n) is 4.47. The molecule has 2 saturated carbocycles. The number of carbonyl (C=O) groups excluding carboxylic acids is 1. The third-order valence-electron chi connectivity index (χ3n) is 6.08. The number of anilines is 1. The van der Waals surface area contributed by atoms with Crippen LogP contribution in [0.1, 0.15) is 50.3 Å². The number of aromatic nitrogens is 1. The largest absolute Gasteiger partial charge is 0.440 e. The summed E-state index contributed by atoms with van der Waals surface area (Å²) in [6, 6.07) is 5.80. The fraction of sp³-hybridized carbons (Fsp3) is 0.579. The van der Waals surface area contributed by atoms with Crippen molar-refractivity contribution >= 4 is 22.7 Å². The van der Waals surface area contributed by atoms with Gasteiger partial charge in [-0.3, -0.25) is 4.79 Å². The quantitative estimate of drug-likeness (QED) is 0.907. The van der Waals surface area contributed by atoms with Crippen molar-refractivity contribution in [3.63, 3.8) is 0 Å². The van der Waals surface area contributed by atoms with E-state index in [1.54, 1.807) is 0 Å². The first-order valence-corrected chi connectivity index (χ1v) is 9.17. The van der Waals surface area contributed by atoms with Crippen LogP contribution in [-0.2, 0) is 4.79 Å². The summed E-state index contributed by atoms with van der Waals surface area (Å²) in [5.74, 6) is 1.99. The molecular weight excluding hydrogens is 302 g/mol. The number of oxazole rings is 1. The maximum atomic E-state index is 13.0. The predicted molar refractivity (Wildman–Crippen MR) is 91.9 cm³/mol. The normalized spacial score (nSPS) is 29.6. The maximum absolute atomic E-state index is 13.0. The maximum Gasteiger partial charge on any atom is 0.232 e. The van der Waals surface area contributed by atoms with Crippen molar-refractivity contribution in [2.75, 3.05) is 18.4 Å². The van der Waals surface area contributed by atoms with Gasteiger partial charge in [0.25, 0.3) is 0 Å². The summed E-state index contributed by atoms with van der Waals surface area (Å²) in [5.41, 5.74) is 2.26. The molecule has 1 saturated heterocycles. The van der Waals surface area contributed by atoms with Crippen LogP contribution in [0.4, 0.5) is 5.69 Å². The first-order valence-electron chi connectivity index (χ1n) is 9.17. The lowest BCUT2D eigenvalue weighted by molar-refractivity contribution is -0.128. The van der Waals surface area contributed by atoms with Gasteiger partial charge in [-0.2, -0.15) is 0 Å². The molecule has 5 heteroatoms. The standard InChI is InChI=1S/C19H23N3O2/c23-18(19-8-2-1-3-13(19)10-20-11-19)21-14-6-7-16-15(9-14)22-17(24-16)12-4-5-12/h6-7,9,12-13,20H,1-5,8,10-11H2,(H,21,23)/t13-,19+/m0/s1. The SMILES string of the molecule is O=C(Nc1ccc2oc(C3CC3)nc2c1)[C@@]12CCCC[C@H]1CNC2.